The first-order chi connectivity index (χ1) is 11.2. The van der Waals surface area contributed by atoms with Gasteiger partial charge in [-0.15, -0.1) is 0 Å². The highest BCUT2D eigenvalue weighted by molar-refractivity contribution is 6.31. The summed E-state index contributed by atoms with van der Waals surface area (Å²) >= 11 is 6.00. The third-order valence-electron chi connectivity index (χ3n) is 3.84. The lowest BCUT2D eigenvalue weighted by molar-refractivity contribution is 0.411. The van der Waals surface area contributed by atoms with E-state index >= 15 is 0 Å². The van der Waals surface area contributed by atoms with Gasteiger partial charge in [-0.25, -0.2) is 0 Å². The van der Waals surface area contributed by atoms with Crippen LogP contribution in [0.15, 0.2) is 30.5 Å². The van der Waals surface area contributed by atoms with Crippen molar-refractivity contribution in [2.24, 2.45) is 5.73 Å². The van der Waals surface area contributed by atoms with E-state index in [1.54, 1.807) is 0 Å². The topological polar surface area (TPSA) is 50.9 Å². The smallest absolute Gasteiger partial charge is 0.0737 e. The van der Waals surface area contributed by atoms with Crippen molar-refractivity contribution >= 4 is 28.2 Å². The Morgan fingerprint density at radius 2 is 1.70 bits per heavy atom. The van der Waals surface area contributed by atoms with Crippen molar-refractivity contribution in [3.8, 4) is 0 Å². The summed E-state index contributed by atoms with van der Waals surface area (Å²) in [5.74, 6) is 0. The van der Waals surface area contributed by atoms with Crippen molar-refractivity contribution in [3.05, 3.63) is 35.5 Å². The van der Waals surface area contributed by atoms with Gasteiger partial charge < -0.3 is 11.1 Å². The van der Waals surface area contributed by atoms with Crippen LogP contribution in [-0.4, -0.2) is 17.1 Å². The first kappa shape index (κ1) is 19.7. The lowest BCUT2D eigenvalue weighted by Gasteiger charge is -2.28. The summed E-state index contributed by atoms with van der Waals surface area (Å²) in [5, 5.41) is 5.47. The molecule has 1 fully saturated rings. The molecule has 3 nitrogen and oxygen atoms in total. The summed E-state index contributed by atoms with van der Waals surface area (Å²) in [6.45, 7) is 8.00. The first-order valence-electron chi connectivity index (χ1n) is 8.79. The van der Waals surface area contributed by atoms with Gasteiger partial charge in [-0.05, 0) is 49.9 Å². The molecule has 128 valence electrons. The van der Waals surface area contributed by atoms with E-state index in [0.717, 1.165) is 47.3 Å². The number of nitrogens with one attached hydrogen (secondary N) is 1. The van der Waals surface area contributed by atoms with Crippen LogP contribution in [-0.2, 0) is 0 Å². The molecule has 1 aliphatic rings. The van der Waals surface area contributed by atoms with Gasteiger partial charge in [-0.3, -0.25) is 4.98 Å². The minimum atomic E-state index is 0.381. The van der Waals surface area contributed by atoms with Crippen LogP contribution in [0.3, 0.4) is 0 Å². The Bertz CT molecular complexity index is 578. The van der Waals surface area contributed by atoms with Gasteiger partial charge in [0.25, 0.3) is 0 Å². The molecule has 4 heteroatoms. The monoisotopic (exact) mass is 335 g/mol. The number of aromatic nitrogens is 1. The molecule has 0 amide bonds. The molecule has 0 radical (unpaired) electrons. The van der Waals surface area contributed by atoms with Gasteiger partial charge >= 0.3 is 0 Å². The molecule has 0 unspecified atom stereocenters. The van der Waals surface area contributed by atoms with Gasteiger partial charge in [0.15, 0.2) is 0 Å². The van der Waals surface area contributed by atoms with E-state index in [-0.39, 0.29) is 0 Å². The van der Waals surface area contributed by atoms with Crippen LogP contribution in [0.1, 0.15) is 53.4 Å². The second-order valence-corrected chi connectivity index (χ2v) is 5.71. The maximum atomic E-state index is 6.00. The van der Waals surface area contributed by atoms with Gasteiger partial charge in [0.05, 0.1) is 5.52 Å². The number of fused-ring (bicyclic) bond motifs is 1. The minimum absolute atomic E-state index is 0.381. The SMILES string of the molecule is CC.CC.NC1CCC(Nc2ccnc3cc(Cl)ccc23)CC1. The highest BCUT2D eigenvalue weighted by Crippen LogP contribution is 2.27. The molecule has 1 aliphatic carbocycles. The Balaban J connectivity index is 0.000000615. The van der Waals surface area contributed by atoms with Gasteiger partial charge in [0.2, 0.25) is 0 Å². The second-order valence-electron chi connectivity index (χ2n) is 5.28. The van der Waals surface area contributed by atoms with Crippen molar-refractivity contribution in [2.45, 2.75) is 65.5 Å². The van der Waals surface area contributed by atoms with Crippen LogP contribution in [0.25, 0.3) is 10.9 Å². The van der Waals surface area contributed by atoms with Crippen LogP contribution in [0.2, 0.25) is 5.02 Å². The molecule has 2 aromatic rings. The van der Waals surface area contributed by atoms with Crippen LogP contribution in [0.4, 0.5) is 5.69 Å². The number of nitrogens with two attached hydrogens (primary N) is 1. The number of hydrogen-bond donors (Lipinski definition) is 2. The van der Waals surface area contributed by atoms with E-state index in [4.69, 9.17) is 17.3 Å². The van der Waals surface area contributed by atoms with Crippen LogP contribution >= 0.6 is 11.6 Å². The first-order valence-corrected chi connectivity index (χ1v) is 9.16. The van der Waals surface area contributed by atoms with Gasteiger partial charge in [-0.1, -0.05) is 39.3 Å². The van der Waals surface area contributed by atoms with Crippen molar-refractivity contribution < 1.29 is 0 Å². The Morgan fingerprint density at radius 3 is 2.35 bits per heavy atom. The van der Waals surface area contributed by atoms with Crippen molar-refractivity contribution in [3.63, 3.8) is 0 Å². The Hall–Kier alpha value is -1.32. The molecule has 3 rings (SSSR count). The van der Waals surface area contributed by atoms with Gasteiger partial charge in [0, 0.05) is 34.4 Å². The predicted octanol–water partition coefficient (Wildman–Crippen LogP) is 5.62. The number of pyridine rings is 1. The summed E-state index contributed by atoms with van der Waals surface area (Å²) in [7, 11) is 0. The van der Waals surface area contributed by atoms with Crippen molar-refractivity contribution in [1.29, 1.82) is 0 Å². The summed E-state index contributed by atoms with van der Waals surface area (Å²) < 4.78 is 0. The average molecular weight is 336 g/mol. The Kier molecular flexibility index (Phi) is 8.97. The third kappa shape index (κ3) is 5.67. The molecule has 0 aliphatic heterocycles. The van der Waals surface area contributed by atoms with E-state index in [9.17, 15) is 0 Å². The molecule has 0 atom stereocenters. The number of benzene rings is 1. The molecule has 0 saturated heterocycles. The zero-order valence-corrected chi connectivity index (χ0v) is 15.5. The zero-order valence-electron chi connectivity index (χ0n) is 14.8. The highest BCUT2D eigenvalue weighted by atomic mass is 35.5. The fourth-order valence-electron chi connectivity index (χ4n) is 2.73. The fraction of sp³-hybridized carbons (Fsp3) is 0.526. The molecule has 1 heterocycles. The standard InChI is InChI=1S/C15H18ClN3.2C2H6/c16-10-1-6-13-14(7-8-18-15(13)9-10)19-12-4-2-11(17)3-5-12;2*1-2/h1,6-9,11-12H,2-5,17H2,(H,18,19);2*1-2H3. The highest BCUT2D eigenvalue weighted by Gasteiger charge is 2.18. The molecule has 23 heavy (non-hydrogen) atoms. The normalized spacial score (nSPS) is 19.9. The molecule has 1 saturated carbocycles. The quantitative estimate of drug-likeness (QED) is 0.748. The van der Waals surface area contributed by atoms with E-state index in [2.05, 4.69) is 10.3 Å². The largest absolute Gasteiger partial charge is 0.382 e. The second kappa shape index (κ2) is 10.5. The van der Waals surface area contributed by atoms with E-state index in [1.807, 2.05) is 58.2 Å². The number of anilines is 1. The molecule has 1 aromatic heterocycles. The minimum Gasteiger partial charge on any atom is -0.382 e. The predicted molar refractivity (Wildman–Crippen MR) is 103 cm³/mol. The van der Waals surface area contributed by atoms with Crippen LogP contribution < -0.4 is 11.1 Å². The number of hydrogen-bond acceptors (Lipinski definition) is 3. The van der Waals surface area contributed by atoms with E-state index in [0.29, 0.717) is 12.1 Å². The lowest BCUT2D eigenvalue weighted by Crippen LogP contribution is -2.32. The lowest BCUT2D eigenvalue weighted by atomic mass is 9.91. The summed E-state index contributed by atoms with van der Waals surface area (Å²) in [6, 6.07) is 8.77. The van der Waals surface area contributed by atoms with Crippen molar-refractivity contribution in [1.82, 2.24) is 4.98 Å². The summed E-state index contributed by atoms with van der Waals surface area (Å²) in [4.78, 5) is 4.36. The molecule has 0 spiro atoms. The van der Waals surface area contributed by atoms with E-state index < -0.39 is 0 Å². The number of rotatable bonds is 2. The maximum absolute atomic E-state index is 6.00. The van der Waals surface area contributed by atoms with Crippen LogP contribution in [0, 0.1) is 0 Å². The van der Waals surface area contributed by atoms with Crippen molar-refractivity contribution in [2.75, 3.05) is 5.32 Å². The third-order valence-corrected chi connectivity index (χ3v) is 4.07. The average Bonchev–Trinajstić information content (AvgIpc) is 2.60. The van der Waals surface area contributed by atoms with Crippen LogP contribution in [0.5, 0.6) is 0 Å². The molecule has 1 aromatic carbocycles. The summed E-state index contributed by atoms with van der Waals surface area (Å²) in [6.07, 6.45) is 6.31. The molecular weight excluding hydrogens is 306 g/mol. The fourth-order valence-corrected chi connectivity index (χ4v) is 2.90. The number of nitrogens with zero attached hydrogens (tertiary/aromatic N) is 1. The Labute approximate surface area is 145 Å². The maximum Gasteiger partial charge on any atom is 0.0737 e. The number of halogens is 1. The summed E-state index contributed by atoms with van der Waals surface area (Å²) in [5.41, 5.74) is 8.02. The molecular formula is C19H30ClN3. The molecule has 3 N–H and O–H groups in total. The molecule has 0 bridgehead atoms. The van der Waals surface area contributed by atoms with E-state index in [1.165, 1.54) is 0 Å². The Morgan fingerprint density at radius 1 is 1.04 bits per heavy atom. The van der Waals surface area contributed by atoms with Gasteiger partial charge in [-0.2, -0.15) is 0 Å². The zero-order chi connectivity index (χ0) is 17.2. The van der Waals surface area contributed by atoms with Gasteiger partial charge in [0.1, 0.15) is 0 Å².